The fourth-order valence-corrected chi connectivity index (χ4v) is 3.04. The monoisotopic (exact) mass is 384 g/mol. The Labute approximate surface area is 166 Å². The van der Waals surface area contributed by atoms with Gasteiger partial charge in [-0.2, -0.15) is 0 Å². The fraction of sp³-hybridized carbons (Fsp3) is 0.409. The van der Waals surface area contributed by atoms with E-state index in [-0.39, 0.29) is 5.91 Å². The molecule has 0 saturated carbocycles. The predicted octanol–water partition coefficient (Wildman–Crippen LogP) is 3.33. The van der Waals surface area contributed by atoms with Gasteiger partial charge in [0.1, 0.15) is 0 Å². The molecule has 2 aromatic carbocycles. The molecule has 1 saturated heterocycles. The zero-order chi connectivity index (χ0) is 19.6. The van der Waals surface area contributed by atoms with Gasteiger partial charge in [-0.1, -0.05) is 12.1 Å². The van der Waals surface area contributed by atoms with Gasteiger partial charge in [-0.05, 0) is 48.9 Å². The van der Waals surface area contributed by atoms with Crippen LogP contribution in [0.1, 0.15) is 22.8 Å². The van der Waals surface area contributed by atoms with Crippen LogP contribution in [0.3, 0.4) is 0 Å². The average Bonchev–Trinajstić information content (AvgIpc) is 2.75. The molecule has 1 N–H and O–H groups in total. The van der Waals surface area contributed by atoms with Gasteiger partial charge in [-0.3, -0.25) is 4.79 Å². The first-order valence-corrected chi connectivity index (χ1v) is 9.75. The molecule has 1 aliphatic rings. The first-order chi connectivity index (χ1) is 13.8. The standard InChI is InChI=1S/C22H28N2O4/c1-2-26-14-15-28-17-18-4-3-5-20(16-18)23-22(25)19-6-8-21(9-7-19)24-10-12-27-13-11-24/h3-9,16H,2,10-15,17H2,1H3,(H,23,25). The van der Waals surface area contributed by atoms with Crippen LogP contribution in [-0.2, 0) is 20.8 Å². The van der Waals surface area contributed by atoms with Gasteiger partial charge < -0.3 is 24.4 Å². The molecule has 0 bridgehead atoms. The molecule has 1 heterocycles. The number of carbonyl (C=O) groups excluding carboxylic acids is 1. The van der Waals surface area contributed by atoms with Crippen molar-refractivity contribution in [1.29, 1.82) is 0 Å². The van der Waals surface area contributed by atoms with E-state index in [1.54, 1.807) is 0 Å². The molecule has 0 spiro atoms. The Balaban J connectivity index is 1.53. The maximum atomic E-state index is 12.6. The summed E-state index contributed by atoms with van der Waals surface area (Å²) in [4.78, 5) is 14.8. The molecule has 1 fully saturated rings. The summed E-state index contributed by atoms with van der Waals surface area (Å²) in [6.45, 7) is 7.54. The topological polar surface area (TPSA) is 60.0 Å². The van der Waals surface area contributed by atoms with E-state index in [2.05, 4.69) is 10.2 Å². The van der Waals surface area contributed by atoms with E-state index in [0.29, 0.717) is 32.0 Å². The highest BCUT2D eigenvalue weighted by Crippen LogP contribution is 2.18. The highest BCUT2D eigenvalue weighted by atomic mass is 16.5. The Morgan fingerprint density at radius 1 is 1.07 bits per heavy atom. The third kappa shape index (κ3) is 6.05. The Hall–Kier alpha value is -2.41. The number of nitrogens with zero attached hydrogens (tertiary/aromatic N) is 1. The molecule has 2 aromatic rings. The van der Waals surface area contributed by atoms with E-state index in [4.69, 9.17) is 14.2 Å². The van der Waals surface area contributed by atoms with Crippen molar-refractivity contribution < 1.29 is 19.0 Å². The van der Waals surface area contributed by atoms with Crippen LogP contribution in [0.4, 0.5) is 11.4 Å². The third-order valence-corrected chi connectivity index (χ3v) is 4.54. The van der Waals surface area contributed by atoms with Gasteiger partial charge in [0.25, 0.3) is 5.91 Å². The van der Waals surface area contributed by atoms with E-state index in [0.717, 1.165) is 43.2 Å². The van der Waals surface area contributed by atoms with Gasteiger partial charge in [0, 0.05) is 36.6 Å². The average molecular weight is 384 g/mol. The predicted molar refractivity (Wildman–Crippen MR) is 110 cm³/mol. The molecule has 0 unspecified atom stereocenters. The maximum absolute atomic E-state index is 12.6. The number of rotatable bonds is 9. The summed E-state index contributed by atoms with van der Waals surface area (Å²) in [5, 5.41) is 2.96. The van der Waals surface area contributed by atoms with E-state index in [1.807, 2.05) is 55.5 Å². The lowest BCUT2D eigenvalue weighted by atomic mass is 10.1. The number of hydrogen-bond donors (Lipinski definition) is 1. The van der Waals surface area contributed by atoms with E-state index in [9.17, 15) is 4.79 Å². The number of carbonyl (C=O) groups is 1. The molecule has 28 heavy (non-hydrogen) atoms. The molecule has 0 atom stereocenters. The van der Waals surface area contributed by atoms with Gasteiger partial charge in [0.15, 0.2) is 0 Å². The molecule has 150 valence electrons. The zero-order valence-electron chi connectivity index (χ0n) is 16.4. The maximum Gasteiger partial charge on any atom is 0.255 e. The van der Waals surface area contributed by atoms with Crippen LogP contribution in [-0.4, -0.2) is 52.0 Å². The second-order valence-electron chi connectivity index (χ2n) is 6.55. The Morgan fingerprint density at radius 3 is 2.57 bits per heavy atom. The highest BCUT2D eigenvalue weighted by molar-refractivity contribution is 6.04. The summed E-state index contributed by atoms with van der Waals surface area (Å²) in [5.74, 6) is -0.122. The van der Waals surface area contributed by atoms with E-state index >= 15 is 0 Å². The second kappa shape index (κ2) is 10.8. The SMILES string of the molecule is CCOCCOCc1cccc(NC(=O)c2ccc(N3CCOCC3)cc2)c1. The number of hydrogen-bond acceptors (Lipinski definition) is 5. The van der Waals surface area contributed by atoms with Crippen molar-refractivity contribution in [1.82, 2.24) is 0 Å². The van der Waals surface area contributed by atoms with Crippen LogP contribution < -0.4 is 10.2 Å². The van der Waals surface area contributed by atoms with Crippen LogP contribution in [0.15, 0.2) is 48.5 Å². The van der Waals surface area contributed by atoms with Crippen molar-refractivity contribution in [3.8, 4) is 0 Å². The molecule has 0 aliphatic carbocycles. The third-order valence-electron chi connectivity index (χ3n) is 4.54. The lowest BCUT2D eigenvalue weighted by Gasteiger charge is -2.28. The molecule has 1 amide bonds. The van der Waals surface area contributed by atoms with Crippen molar-refractivity contribution in [2.45, 2.75) is 13.5 Å². The summed E-state index contributed by atoms with van der Waals surface area (Å²) < 4.78 is 16.2. The zero-order valence-corrected chi connectivity index (χ0v) is 16.4. The minimum atomic E-state index is -0.122. The van der Waals surface area contributed by atoms with Crippen LogP contribution in [0, 0.1) is 0 Å². The minimum Gasteiger partial charge on any atom is -0.379 e. The van der Waals surface area contributed by atoms with Crippen molar-refractivity contribution in [3.05, 3.63) is 59.7 Å². The second-order valence-corrected chi connectivity index (χ2v) is 6.55. The van der Waals surface area contributed by atoms with E-state index in [1.165, 1.54) is 0 Å². The van der Waals surface area contributed by atoms with Gasteiger partial charge in [-0.25, -0.2) is 0 Å². The van der Waals surface area contributed by atoms with Crippen molar-refractivity contribution in [2.75, 3.05) is 56.3 Å². The van der Waals surface area contributed by atoms with E-state index < -0.39 is 0 Å². The first kappa shape index (κ1) is 20.3. The number of nitrogens with one attached hydrogen (secondary N) is 1. The van der Waals surface area contributed by atoms with Gasteiger partial charge in [0.05, 0.1) is 33.0 Å². The quantitative estimate of drug-likeness (QED) is 0.672. The number of ether oxygens (including phenoxy) is 3. The molecule has 0 radical (unpaired) electrons. The fourth-order valence-electron chi connectivity index (χ4n) is 3.04. The highest BCUT2D eigenvalue weighted by Gasteiger charge is 2.12. The smallest absolute Gasteiger partial charge is 0.255 e. The number of benzene rings is 2. The summed E-state index contributed by atoms with van der Waals surface area (Å²) in [7, 11) is 0. The molecule has 6 heteroatoms. The van der Waals surface area contributed by atoms with Crippen LogP contribution in [0.25, 0.3) is 0 Å². The number of amides is 1. The van der Waals surface area contributed by atoms with Gasteiger partial charge in [0.2, 0.25) is 0 Å². The lowest BCUT2D eigenvalue weighted by Crippen LogP contribution is -2.36. The van der Waals surface area contributed by atoms with Gasteiger partial charge >= 0.3 is 0 Å². The number of morpholine rings is 1. The van der Waals surface area contributed by atoms with Crippen LogP contribution in [0.2, 0.25) is 0 Å². The van der Waals surface area contributed by atoms with Crippen molar-refractivity contribution >= 4 is 17.3 Å². The summed E-state index contributed by atoms with van der Waals surface area (Å²) in [6.07, 6.45) is 0. The van der Waals surface area contributed by atoms with Gasteiger partial charge in [-0.15, -0.1) is 0 Å². The molecule has 1 aliphatic heterocycles. The largest absolute Gasteiger partial charge is 0.379 e. The number of anilines is 2. The normalized spacial score (nSPS) is 14.1. The summed E-state index contributed by atoms with van der Waals surface area (Å²) in [6, 6.07) is 15.4. The molecular formula is C22H28N2O4. The summed E-state index contributed by atoms with van der Waals surface area (Å²) >= 11 is 0. The Bertz CT molecular complexity index is 742. The Kier molecular flexibility index (Phi) is 7.84. The molecular weight excluding hydrogens is 356 g/mol. The lowest BCUT2D eigenvalue weighted by molar-refractivity contribution is 0.0453. The molecule has 0 aromatic heterocycles. The van der Waals surface area contributed by atoms with Crippen molar-refractivity contribution in [2.24, 2.45) is 0 Å². The van der Waals surface area contributed by atoms with Crippen molar-refractivity contribution in [3.63, 3.8) is 0 Å². The van der Waals surface area contributed by atoms with Crippen LogP contribution >= 0.6 is 0 Å². The van der Waals surface area contributed by atoms with Crippen LogP contribution in [0.5, 0.6) is 0 Å². The first-order valence-electron chi connectivity index (χ1n) is 9.75. The minimum absolute atomic E-state index is 0.122. The molecule has 3 rings (SSSR count). The summed E-state index contributed by atoms with van der Waals surface area (Å²) in [5.41, 5.74) is 3.52. The molecule has 6 nitrogen and oxygen atoms in total. The Morgan fingerprint density at radius 2 is 1.82 bits per heavy atom.